The fourth-order valence-corrected chi connectivity index (χ4v) is 3.34. The molecule has 2 aliphatic rings. The highest BCUT2D eigenvalue weighted by atomic mass is 16.1. The molecular weight excluding hydrogens is 264 g/mol. The van der Waals surface area contributed by atoms with Crippen LogP contribution in [0.2, 0.25) is 0 Å². The van der Waals surface area contributed by atoms with Crippen LogP contribution in [0, 0.1) is 0 Å². The summed E-state index contributed by atoms with van der Waals surface area (Å²) in [6.45, 7) is 3.47. The summed E-state index contributed by atoms with van der Waals surface area (Å²) in [6.07, 6.45) is 5.71. The summed E-state index contributed by atoms with van der Waals surface area (Å²) in [5.41, 5.74) is 4.26. The maximum atomic E-state index is 12.4. The monoisotopic (exact) mass is 282 g/mol. The minimum atomic E-state index is -0.255. The fraction of sp³-hybridized carbons (Fsp3) is 0.353. The first-order chi connectivity index (χ1) is 10.1. The lowest BCUT2D eigenvalue weighted by molar-refractivity contribution is -0.116. The SMILES string of the molecule is CC(=O)C1=C(C)NC2=C(C(=O)CCC2)C1c1ccncc1. The Labute approximate surface area is 124 Å². The molecule has 1 N–H and O–H groups in total. The van der Waals surface area contributed by atoms with Crippen molar-refractivity contribution >= 4 is 11.6 Å². The molecule has 4 heteroatoms. The summed E-state index contributed by atoms with van der Waals surface area (Å²) in [7, 11) is 0. The van der Waals surface area contributed by atoms with Crippen molar-refractivity contribution in [1.82, 2.24) is 10.3 Å². The molecule has 1 aromatic rings. The number of carbonyl (C=O) groups excluding carboxylic acids is 2. The third-order valence-electron chi connectivity index (χ3n) is 4.19. The average molecular weight is 282 g/mol. The van der Waals surface area contributed by atoms with Gasteiger partial charge in [0.15, 0.2) is 11.6 Å². The molecule has 0 aromatic carbocycles. The number of Topliss-reactive ketones (excluding diaryl/α,β-unsaturated/α-hetero) is 2. The maximum Gasteiger partial charge on any atom is 0.161 e. The zero-order valence-electron chi connectivity index (χ0n) is 12.3. The highest BCUT2D eigenvalue weighted by Crippen LogP contribution is 2.41. The fourth-order valence-electron chi connectivity index (χ4n) is 3.34. The first kappa shape index (κ1) is 13.7. The van der Waals surface area contributed by atoms with Gasteiger partial charge in [0, 0.05) is 47.3 Å². The van der Waals surface area contributed by atoms with Gasteiger partial charge in [0.2, 0.25) is 0 Å². The van der Waals surface area contributed by atoms with Gasteiger partial charge >= 0.3 is 0 Å². The Morgan fingerprint density at radius 2 is 2.00 bits per heavy atom. The molecule has 1 aliphatic carbocycles. The van der Waals surface area contributed by atoms with E-state index in [-0.39, 0.29) is 17.5 Å². The van der Waals surface area contributed by atoms with E-state index in [0.717, 1.165) is 35.4 Å². The molecule has 1 unspecified atom stereocenters. The van der Waals surface area contributed by atoms with E-state index in [4.69, 9.17) is 0 Å². The number of rotatable bonds is 2. The summed E-state index contributed by atoms with van der Waals surface area (Å²) >= 11 is 0. The molecule has 3 rings (SSSR count). The second-order valence-corrected chi connectivity index (χ2v) is 5.60. The van der Waals surface area contributed by atoms with E-state index < -0.39 is 0 Å². The largest absolute Gasteiger partial charge is 0.362 e. The number of hydrogen-bond donors (Lipinski definition) is 1. The van der Waals surface area contributed by atoms with E-state index in [1.165, 1.54) is 0 Å². The normalized spacial score (nSPS) is 22.0. The van der Waals surface area contributed by atoms with Crippen molar-refractivity contribution in [3.63, 3.8) is 0 Å². The lowest BCUT2D eigenvalue weighted by Crippen LogP contribution is -2.33. The van der Waals surface area contributed by atoms with E-state index in [0.29, 0.717) is 12.0 Å². The molecular formula is C17H18N2O2. The van der Waals surface area contributed by atoms with E-state index in [1.54, 1.807) is 19.3 Å². The van der Waals surface area contributed by atoms with Crippen LogP contribution in [0.4, 0.5) is 0 Å². The first-order valence-electron chi connectivity index (χ1n) is 7.24. The van der Waals surface area contributed by atoms with Crippen LogP contribution in [0.1, 0.15) is 44.6 Å². The van der Waals surface area contributed by atoms with E-state index >= 15 is 0 Å². The molecule has 0 amide bonds. The molecule has 4 nitrogen and oxygen atoms in total. The molecule has 0 saturated carbocycles. The van der Waals surface area contributed by atoms with Crippen LogP contribution in [0.25, 0.3) is 0 Å². The van der Waals surface area contributed by atoms with Crippen LogP contribution in [0.3, 0.4) is 0 Å². The van der Waals surface area contributed by atoms with Gasteiger partial charge in [0.05, 0.1) is 0 Å². The highest BCUT2D eigenvalue weighted by molar-refractivity contribution is 6.05. The minimum Gasteiger partial charge on any atom is -0.362 e. The highest BCUT2D eigenvalue weighted by Gasteiger charge is 2.36. The van der Waals surface area contributed by atoms with Gasteiger partial charge in [0.1, 0.15) is 0 Å². The molecule has 0 spiro atoms. The summed E-state index contributed by atoms with van der Waals surface area (Å²) in [5.74, 6) is -0.0990. The number of ketones is 2. The van der Waals surface area contributed by atoms with E-state index in [9.17, 15) is 9.59 Å². The van der Waals surface area contributed by atoms with Gasteiger partial charge in [-0.15, -0.1) is 0 Å². The van der Waals surface area contributed by atoms with E-state index in [2.05, 4.69) is 10.3 Å². The van der Waals surface area contributed by atoms with Crippen LogP contribution in [-0.2, 0) is 9.59 Å². The van der Waals surface area contributed by atoms with Gasteiger partial charge in [-0.1, -0.05) is 0 Å². The summed E-state index contributed by atoms with van der Waals surface area (Å²) in [6, 6.07) is 3.78. The summed E-state index contributed by atoms with van der Waals surface area (Å²) in [5, 5.41) is 3.28. The van der Waals surface area contributed by atoms with Gasteiger partial charge in [-0.25, -0.2) is 0 Å². The van der Waals surface area contributed by atoms with Crippen molar-refractivity contribution in [1.29, 1.82) is 0 Å². The number of allylic oxidation sites excluding steroid dienone is 4. The van der Waals surface area contributed by atoms with Gasteiger partial charge < -0.3 is 5.32 Å². The maximum absolute atomic E-state index is 12.4. The molecule has 1 aliphatic heterocycles. The van der Waals surface area contributed by atoms with Crippen molar-refractivity contribution in [3.8, 4) is 0 Å². The smallest absolute Gasteiger partial charge is 0.161 e. The van der Waals surface area contributed by atoms with Crippen LogP contribution in [-0.4, -0.2) is 16.6 Å². The molecule has 0 bridgehead atoms. The zero-order valence-corrected chi connectivity index (χ0v) is 12.3. The number of aromatic nitrogens is 1. The Bertz CT molecular complexity index is 671. The molecule has 0 radical (unpaired) electrons. The second-order valence-electron chi connectivity index (χ2n) is 5.60. The molecule has 108 valence electrons. The van der Waals surface area contributed by atoms with Crippen molar-refractivity contribution in [2.24, 2.45) is 0 Å². The van der Waals surface area contributed by atoms with Crippen LogP contribution in [0.15, 0.2) is 47.1 Å². The topological polar surface area (TPSA) is 59.1 Å². The zero-order chi connectivity index (χ0) is 15.0. The molecule has 1 aromatic heterocycles. The lowest BCUT2D eigenvalue weighted by atomic mass is 9.74. The minimum absolute atomic E-state index is 0.00624. The number of nitrogens with one attached hydrogen (secondary N) is 1. The van der Waals surface area contributed by atoms with Crippen LogP contribution in [0.5, 0.6) is 0 Å². The van der Waals surface area contributed by atoms with Crippen molar-refractivity contribution in [2.45, 2.75) is 39.0 Å². The molecule has 0 fully saturated rings. The van der Waals surface area contributed by atoms with Gasteiger partial charge in [0.25, 0.3) is 0 Å². The standard InChI is InChI=1S/C17H18N2O2/c1-10-15(11(2)20)16(12-6-8-18-9-7-12)17-13(19-10)4-3-5-14(17)21/h6-9,16,19H,3-5H2,1-2H3. The Balaban J connectivity index is 2.20. The third kappa shape index (κ3) is 2.31. The van der Waals surface area contributed by atoms with E-state index in [1.807, 2.05) is 19.1 Å². The number of dihydropyridines is 1. The molecule has 2 heterocycles. The summed E-state index contributed by atoms with van der Waals surface area (Å²) < 4.78 is 0. The van der Waals surface area contributed by atoms with Gasteiger partial charge in [-0.2, -0.15) is 0 Å². The predicted molar refractivity (Wildman–Crippen MR) is 79.4 cm³/mol. The van der Waals surface area contributed by atoms with Gasteiger partial charge in [-0.3, -0.25) is 14.6 Å². The second kappa shape index (κ2) is 5.28. The summed E-state index contributed by atoms with van der Waals surface area (Å²) in [4.78, 5) is 28.6. The lowest BCUT2D eigenvalue weighted by Gasteiger charge is -2.34. The first-order valence-corrected chi connectivity index (χ1v) is 7.24. The third-order valence-corrected chi connectivity index (χ3v) is 4.19. The molecule has 21 heavy (non-hydrogen) atoms. The number of hydrogen-bond acceptors (Lipinski definition) is 4. The van der Waals surface area contributed by atoms with Crippen molar-refractivity contribution < 1.29 is 9.59 Å². The van der Waals surface area contributed by atoms with Crippen LogP contribution < -0.4 is 5.32 Å². The molecule has 1 atom stereocenters. The molecule has 0 saturated heterocycles. The number of pyridine rings is 1. The number of carbonyl (C=O) groups is 2. The Morgan fingerprint density at radius 3 is 2.67 bits per heavy atom. The predicted octanol–water partition coefficient (Wildman–Crippen LogP) is 2.64. The van der Waals surface area contributed by atoms with Crippen molar-refractivity contribution in [2.75, 3.05) is 0 Å². The number of nitrogens with zero attached hydrogens (tertiary/aromatic N) is 1. The Morgan fingerprint density at radius 1 is 1.29 bits per heavy atom. The Kier molecular flexibility index (Phi) is 3.45. The van der Waals surface area contributed by atoms with Crippen LogP contribution >= 0.6 is 0 Å². The quantitative estimate of drug-likeness (QED) is 0.906. The Hall–Kier alpha value is -2.23. The van der Waals surface area contributed by atoms with Gasteiger partial charge in [-0.05, 0) is 44.4 Å². The van der Waals surface area contributed by atoms with Crippen molar-refractivity contribution in [3.05, 3.63) is 52.6 Å². The average Bonchev–Trinajstić information content (AvgIpc) is 2.46.